The highest BCUT2D eigenvalue weighted by Crippen LogP contribution is 2.58. The van der Waals surface area contributed by atoms with Crippen LogP contribution in [-0.4, -0.2) is 185 Å². The number of nitrogens with one attached hydrogen (secondary N) is 4. The van der Waals surface area contributed by atoms with Gasteiger partial charge in [-0.1, -0.05) is 39.0 Å². The Kier molecular flexibility index (Phi) is 31.9. The van der Waals surface area contributed by atoms with Gasteiger partial charge in [0.1, 0.15) is 60.9 Å². The molecule has 1 spiro atoms. The first kappa shape index (κ1) is 88.4. The van der Waals surface area contributed by atoms with Crippen molar-refractivity contribution in [2.24, 2.45) is 10.8 Å². The van der Waals surface area contributed by atoms with E-state index in [4.69, 9.17) is 58.3 Å². The van der Waals surface area contributed by atoms with Gasteiger partial charge in [0.05, 0.1) is 55.0 Å². The molecule has 614 valence electrons. The van der Waals surface area contributed by atoms with Gasteiger partial charge in [-0.25, -0.2) is 20.8 Å². The number of hydrogen-bond donors (Lipinski definition) is 5. The van der Waals surface area contributed by atoms with Gasteiger partial charge in [0, 0.05) is 108 Å². The molecule has 1 saturated heterocycles. The fraction of sp³-hybridized carbons (Fsp3) is 0.500. The van der Waals surface area contributed by atoms with Crippen molar-refractivity contribution in [3.05, 3.63) is 153 Å². The van der Waals surface area contributed by atoms with Crippen LogP contribution in [0.1, 0.15) is 198 Å². The third-order valence-electron chi connectivity index (χ3n) is 19.2. The average Bonchev–Trinajstić information content (AvgIpc) is 1.32. The molecule has 5 heterocycles. The number of rotatable bonds is 37. The number of methoxy groups -OCH3 is 1. The minimum Gasteiger partial charge on any atom is -0.491 e. The van der Waals surface area contributed by atoms with Gasteiger partial charge in [0.15, 0.2) is 5.60 Å². The van der Waals surface area contributed by atoms with Crippen molar-refractivity contribution in [2.45, 2.75) is 170 Å². The number of hydrogen-bond acceptors (Lipinski definition) is 22. The SMILES string of the molecule is CCCCCCC(=O)N1CCc2c1ccc1[nH]c(C(=O)NCCCCCOC(=O)COCC(=O)NS)cc21.[C-]#[N+]CCOP(OC1CC(COC)N(C(=O)c2ccc(OCCOCCNC(=O)c3ccc4c(c3)C3(OC4=O)c4ccc(OC(=O)C(C)(C)C)cc4Oc4cc(OC(=O)C(C)(C)C)ccc43)cc2)C1)N(C(C)C)C(C)C. The first-order valence-electron chi connectivity index (χ1n) is 38.8. The summed E-state index contributed by atoms with van der Waals surface area (Å²) >= 11 is 3.58. The molecule has 1 fully saturated rings. The summed E-state index contributed by atoms with van der Waals surface area (Å²) in [5.74, 6) is -1.73. The Hall–Kier alpha value is -9.50. The number of benzene rings is 5. The number of esters is 4. The fourth-order valence-corrected chi connectivity index (χ4v) is 15.2. The fourth-order valence-electron chi connectivity index (χ4n) is 13.5. The Morgan fingerprint density at radius 2 is 1.38 bits per heavy atom. The van der Waals surface area contributed by atoms with E-state index in [1.54, 1.807) is 120 Å². The molecular formula is C84H107N8O20PS. The van der Waals surface area contributed by atoms with Crippen molar-refractivity contribution < 1.29 is 94.8 Å². The zero-order valence-electron chi connectivity index (χ0n) is 67.2. The number of thiol groups is 1. The molecule has 0 bridgehead atoms. The second-order valence-corrected chi connectivity index (χ2v) is 32.3. The molecule has 0 radical (unpaired) electrons. The van der Waals surface area contributed by atoms with Crippen molar-refractivity contribution in [1.29, 1.82) is 0 Å². The number of likely N-dealkylation sites (tertiary alicyclic amines) is 1. The van der Waals surface area contributed by atoms with E-state index >= 15 is 0 Å². The molecule has 4 N–H and O–H groups in total. The van der Waals surface area contributed by atoms with Crippen LogP contribution >= 0.6 is 21.3 Å². The van der Waals surface area contributed by atoms with Gasteiger partial charge in [-0.2, -0.15) is 0 Å². The van der Waals surface area contributed by atoms with Gasteiger partial charge in [0.25, 0.3) is 32.2 Å². The number of anilines is 1. The monoisotopic (exact) mass is 1610 g/mol. The van der Waals surface area contributed by atoms with Crippen molar-refractivity contribution >= 4 is 91.3 Å². The van der Waals surface area contributed by atoms with Crippen LogP contribution < -0.4 is 39.2 Å². The van der Waals surface area contributed by atoms with E-state index < -0.39 is 60.6 Å². The Labute approximate surface area is 673 Å². The van der Waals surface area contributed by atoms with Crippen LogP contribution in [0.5, 0.6) is 28.7 Å². The Morgan fingerprint density at radius 3 is 2.02 bits per heavy atom. The summed E-state index contributed by atoms with van der Waals surface area (Å²) in [6, 6.07) is 27.1. The van der Waals surface area contributed by atoms with Gasteiger partial charge in [0.2, 0.25) is 12.5 Å². The molecule has 5 aromatic carbocycles. The molecule has 5 amide bonds. The Morgan fingerprint density at radius 1 is 0.719 bits per heavy atom. The zero-order valence-corrected chi connectivity index (χ0v) is 68.9. The molecular weight excluding hydrogens is 1500 g/mol. The number of ether oxygens (including phenoxy) is 9. The topological polar surface area (TPSA) is 321 Å². The second kappa shape index (κ2) is 41.2. The van der Waals surface area contributed by atoms with Gasteiger partial charge >= 0.3 is 23.9 Å². The maximum absolute atomic E-state index is 13.9. The molecule has 4 aliphatic rings. The highest BCUT2D eigenvalue weighted by molar-refractivity contribution is 7.78. The van der Waals surface area contributed by atoms with Crippen LogP contribution in [-0.2, 0) is 68.7 Å². The molecule has 6 aromatic rings. The van der Waals surface area contributed by atoms with Crippen LogP contribution in [0.3, 0.4) is 0 Å². The van der Waals surface area contributed by atoms with E-state index in [2.05, 4.69) is 77.3 Å². The molecule has 28 nitrogen and oxygen atoms in total. The lowest BCUT2D eigenvalue weighted by molar-refractivity contribution is -0.150. The van der Waals surface area contributed by atoms with E-state index in [0.29, 0.717) is 79.2 Å². The summed E-state index contributed by atoms with van der Waals surface area (Å²) in [5.41, 5.74) is 2.47. The predicted octanol–water partition coefficient (Wildman–Crippen LogP) is 13.0. The van der Waals surface area contributed by atoms with E-state index in [1.807, 2.05) is 23.1 Å². The van der Waals surface area contributed by atoms with Gasteiger partial charge < -0.3 is 86.7 Å². The van der Waals surface area contributed by atoms with Crippen molar-refractivity contribution in [1.82, 2.24) is 29.9 Å². The van der Waals surface area contributed by atoms with Crippen LogP contribution in [0.15, 0.2) is 97.1 Å². The number of nitrogens with zero attached hydrogens (tertiary/aromatic N) is 4. The van der Waals surface area contributed by atoms with Crippen molar-refractivity contribution in [3.8, 4) is 28.7 Å². The first-order valence-corrected chi connectivity index (χ1v) is 40.4. The van der Waals surface area contributed by atoms with Gasteiger partial charge in [-0.05, 0) is 198 Å². The predicted molar refractivity (Wildman–Crippen MR) is 431 cm³/mol. The molecule has 0 saturated carbocycles. The number of aromatic nitrogens is 1. The highest BCUT2D eigenvalue weighted by atomic mass is 32.1. The summed E-state index contributed by atoms with van der Waals surface area (Å²) in [6.07, 6.45) is 8.15. The average molecular weight is 1610 g/mol. The summed E-state index contributed by atoms with van der Waals surface area (Å²) < 4.78 is 68.2. The minimum absolute atomic E-state index is 0.149. The number of unbranched alkanes of at least 4 members (excludes halogenated alkanes) is 5. The number of H-pyrrole nitrogens is 1. The molecule has 0 aliphatic carbocycles. The molecule has 30 heteroatoms. The highest BCUT2D eigenvalue weighted by Gasteiger charge is 2.54. The van der Waals surface area contributed by atoms with E-state index in [9.17, 15) is 43.2 Å². The van der Waals surface area contributed by atoms with E-state index in [-0.39, 0.29) is 135 Å². The van der Waals surface area contributed by atoms with E-state index in [1.165, 1.54) is 12.1 Å². The van der Waals surface area contributed by atoms with Crippen molar-refractivity contribution in [2.75, 3.05) is 97.6 Å². The minimum atomic E-state index is -1.60. The second-order valence-electron chi connectivity index (χ2n) is 30.7. The Balaban J connectivity index is 0.000000327. The van der Waals surface area contributed by atoms with Crippen LogP contribution in [0.25, 0.3) is 15.7 Å². The molecule has 3 atom stereocenters. The maximum Gasteiger partial charge on any atom is 0.340 e. The number of amides is 5. The van der Waals surface area contributed by atoms with Crippen LogP contribution in [0.4, 0.5) is 5.69 Å². The number of aromatic amines is 1. The normalized spacial score (nSPS) is 15.4. The Bertz CT molecular complexity index is 4350. The molecule has 10 rings (SSSR count). The maximum atomic E-state index is 13.9. The van der Waals surface area contributed by atoms with Gasteiger partial charge in [-0.3, -0.25) is 33.6 Å². The third kappa shape index (κ3) is 23.0. The molecule has 4 aliphatic heterocycles. The summed E-state index contributed by atoms with van der Waals surface area (Å²) in [7, 11) is 0.140. The largest absolute Gasteiger partial charge is 0.491 e. The number of fused-ring (bicyclic) bond motifs is 9. The van der Waals surface area contributed by atoms with Crippen LogP contribution in [0.2, 0.25) is 0 Å². The standard InChI is InChI=1S/C57H69N4O14P.C27H38N4O6S/c1-35(2)61(36(3)4)76(70-26-23-58-11)75-43-30-39(34-67-12)60(33-43)51(63)37-13-16-40(17-14-37)69-28-27-68-25-24-59-50(62)38-15-20-44-47(29-38)57(74-52(44)64)45-21-18-41(71-53(65)55(5,6)7)31-48(45)73-49-32-42(19-22-46(49)57)72-54(66)56(8,9)10;1-2-3-4-6-9-25(33)31-14-12-19-20-16-22(29-21(20)10-11-23(19)31)27(35)28-13-7-5-8-15-37-26(34)18-36-17-24(32)30-38/h13-22,29,31-32,35-36,39,43H,23-28,30,33-34H2,1-10,12H3,(H,59,62);10-11,16,29,38H,2-9,12-15,17-18H2,1H3,(H,28,35)(H,30,32). The molecule has 3 unspecified atom stereocenters. The third-order valence-corrected chi connectivity index (χ3v) is 21.6. The first-order chi connectivity index (χ1) is 54.5. The smallest absolute Gasteiger partial charge is 0.340 e. The van der Waals surface area contributed by atoms with Crippen LogP contribution in [0, 0.1) is 17.4 Å². The number of carbonyl (C=O) groups is 9. The molecule has 114 heavy (non-hydrogen) atoms. The summed E-state index contributed by atoms with van der Waals surface area (Å²) in [4.78, 5) is 125. The lowest BCUT2D eigenvalue weighted by atomic mass is 9.77. The lowest BCUT2D eigenvalue weighted by Crippen LogP contribution is -2.38. The summed E-state index contributed by atoms with van der Waals surface area (Å²) in [6.45, 7) is 31.0. The van der Waals surface area contributed by atoms with Crippen molar-refractivity contribution in [3.63, 3.8) is 0 Å². The molecule has 1 aromatic heterocycles. The summed E-state index contributed by atoms with van der Waals surface area (Å²) in [5, 5.41) is 6.80. The van der Waals surface area contributed by atoms with Gasteiger partial charge in [-0.15, -0.1) is 0 Å². The number of carbonyl (C=O) groups excluding carboxylic acids is 9. The van der Waals surface area contributed by atoms with E-state index in [0.717, 1.165) is 67.1 Å². The lowest BCUT2D eigenvalue weighted by Gasteiger charge is -2.37. The zero-order chi connectivity index (χ0) is 82.4. The quantitative estimate of drug-likeness (QED) is 0.00604.